The van der Waals surface area contributed by atoms with Crippen LogP contribution in [0.15, 0.2) is 46.9 Å². The summed E-state index contributed by atoms with van der Waals surface area (Å²) in [5.74, 6) is 1.92. The number of hydrogen-bond donors (Lipinski definition) is 1. The first kappa shape index (κ1) is 19.0. The average molecular weight is 371 g/mol. The Kier molecular flexibility index (Phi) is 7.13. The third-order valence-electron chi connectivity index (χ3n) is 5.13. The number of furan rings is 1. The lowest BCUT2D eigenvalue weighted by atomic mass is 10.1. The Balaban J connectivity index is 1.63. The van der Waals surface area contributed by atoms with Crippen LogP contribution in [-0.2, 0) is 13.0 Å². The number of rotatable bonds is 6. The van der Waals surface area contributed by atoms with E-state index in [9.17, 15) is 0 Å². The highest BCUT2D eigenvalue weighted by molar-refractivity contribution is 7.80. The van der Waals surface area contributed by atoms with Gasteiger partial charge in [0.15, 0.2) is 5.11 Å². The van der Waals surface area contributed by atoms with Crippen molar-refractivity contribution in [2.75, 3.05) is 6.54 Å². The van der Waals surface area contributed by atoms with Gasteiger partial charge in [-0.1, -0.05) is 56.0 Å². The molecule has 0 bridgehead atoms. The molecule has 0 atom stereocenters. The van der Waals surface area contributed by atoms with E-state index in [1.54, 1.807) is 0 Å². The van der Waals surface area contributed by atoms with Crippen molar-refractivity contribution >= 4 is 17.3 Å². The van der Waals surface area contributed by atoms with Gasteiger partial charge >= 0.3 is 0 Å². The van der Waals surface area contributed by atoms with Crippen LogP contribution in [0.1, 0.15) is 55.6 Å². The molecule has 3 rings (SSSR count). The molecule has 0 amide bonds. The van der Waals surface area contributed by atoms with Gasteiger partial charge in [-0.2, -0.15) is 0 Å². The molecular weight excluding hydrogens is 340 g/mol. The van der Waals surface area contributed by atoms with Crippen molar-refractivity contribution in [3.05, 3.63) is 59.5 Å². The highest BCUT2D eigenvalue weighted by atomic mass is 32.1. The molecule has 1 aliphatic rings. The molecule has 26 heavy (non-hydrogen) atoms. The van der Waals surface area contributed by atoms with Crippen LogP contribution in [0.3, 0.4) is 0 Å². The third kappa shape index (κ3) is 5.87. The summed E-state index contributed by atoms with van der Waals surface area (Å²) < 4.78 is 5.80. The Morgan fingerprint density at radius 1 is 1.08 bits per heavy atom. The van der Waals surface area contributed by atoms with Crippen LogP contribution in [0.25, 0.3) is 0 Å². The van der Waals surface area contributed by atoms with Crippen molar-refractivity contribution in [1.82, 2.24) is 10.2 Å². The molecule has 1 fully saturated rings. The standard InChI is InChI=1S/C22H30N2OS/c1-18-13-14-21(25-18)17-24(16-15-19-9-5-4-6-10-19)22(26)23-20-11-7-2-3-8-12-20/h4-6,9-10,13-14,20H,2-3,7-8,11-12,15-17H2,1H3,(H,23,26). The van der Waals surface area contributed by atoms with Gasteiger partial charge in [0.25, 0.3) is 0 Å². The lowest BCUT2D eigenvalue weighted by molar-refractivity contribution is 0.347. The smallest absolute Gasteiger partial charge is 0.169 e. The van der Waals surface area contributed by atoms with Crippen LogP contribution >= 0.6 is 12.2 Å². The minimum absolute atomic E-state index is 0.516. The molecule has 4 heteroatoms. The minimum Gasteiger partial charge on any atom is -0.464 e. The Labute approximate surface area is 162 Å². The molecule has 0 aliphatic heterocycles. The van der Waals surface area contributed by atoms with Crippen LogP contribution in [0.5, 0.6) is 0 Å². The van der Waals surface area contributed by atoms with Gasteiger partial charge in [0.05, 0.1) is 6.54 Å². The van der Waals surface area contributed by atoms with E-state index in [1.807, 2.05) is 13.0 Å². The summed E-state index contributed by atoms with van der Waals surface area (Å²) in [5, 5.41) is 4.50. The minimum atomic E-state index is 0.516. The highest BCUT2D eigenvalue weighted by Crippen LogP contribution is 2.18. The van der Waals surface area contributed by atoms with Gasteiger partial charge in [-0.25, -0.2) is 0 Å². The van der Waals surface area contributed by atoms with Crippen molar-refractivity contribution in [3.8, 4) is 0 Å². The molecule has 1 aromatic heterocycles. The van der Waals surface area contributed by atoms with Crippen LogP contribution < -0.4 is 5.32 Å². The number of aryl methyl sites for hydroxylation is 1. The molecule has 1 N–H and O–H groups in total. The van der Waals surface area contributed by atoms with Crippen LogP contribution in [0, 0.1) is 6.92 Å². The van der Waals surface area contributed by atoms with Gasteiger partial charge in [-0.05, 0) is 56.1 Å². The van der Waals surface area contributed by atoms with Crippen molar-refractivity contribution in [2.45, 2.75) is 64.5 Å². The molecule has 140 valence electrons. The lowest BCUT2D eigenvalue weighted by Crippen LogP contribution is -2.45. The fraction of sp³-hybridized carbons (Fsp3) is 0.500. The molecule has 0 radical (unpaired) electrons. The highest BCUT2D eigenvalue weighted by Gasteiger charge is 2.18. The zero-order chi connectivity index (χ0) is 18.2. The number of benzene rings is 1. The second kappa shape index (κ2) is 9.77. The van der Waals surface area contributed by atoms with E-state index < -0.39 is 0 Å². The van der Waals surface area contributed by atoms with E-state index >= 15 is 0 Å². The summed E-state index contributed by atoms with van der Waals surface area (Å²) >= 11 is 5.79. The van der Waals surface area contributed by atoms with Crippen molar-refractivity contribution in [3.63, 3.8) is 0 Å². The van der Waals surface area contributed by atoms with Crippen molar-refractivity contribution in [1.29, 1.82) is 0 Å². The summed E-state index contributed by atoms with van der Waals surface area (Å²) in [6.45, 7) is 3.60. The third-order valence-corrected chi connectivity index (χ3v) is 5.50. The monoisotopic (exact) mass is 370 g/mol. The Bertz CT molecular complexity index is 674. The molecule has 1 heterocycles. The molecular formula is C22H30N2OS. The predicted molar refractivity (Wildman–Crippen MR) is 111 cm³/mol. The SMILES string of the molecule is Cc1ccc(CN(CCc2ccccc2)C(=S)NC2CCCCCC2)o1. The van der Waals surface area contributed by atoms with E-state index in [0.717, 1.165) is 36.1 Å². The Hall–Kier alpha value is -1.81. The molecule has 0 saturated heterocycles. The Morgan fingerprint density at radius 2 is 1.81 bits per heavy atom. The maximum Gasteiger partial charge on any atom is 0.169 e. The molecule has 0 unspecified atom stereocenters. The van der Waals surface area contributed by atoms with Gasteiger partial charge in [0.2, 0.25) is 0 Å². The number of nitrogens with one attached hydrogen (secondary N) is 1. The summed E-state index contributed by atoms with van der Waals surface area (Å²) in [4.78, 5) is 2.26. The van der Waals surface area contributed by atoms with E-state index in [0.29, 0.717) is 6.04 Å². The maximum atomic E-state index is 5.80. The number of nitrogens with zero attached hydrogens (tertiary/aromatic N) is 1. The molecule has 1 saturated carbocycles. The topological polar surface area (TPSA) is 28.4 Å². The first-order chi connectivity index (χ1) is 12.7. The largest absolute Gasteiger partial charge is 0.464 e. The second-order valence-corrected chi connectivity index (χ2v) is 7.69. The lowest BCUT2D eigenvalue weighted by Gasteiger charge is -2.28. The van der Waals surface area contributed by atoms with Gasteiger partial charge in [0.1, 0.15) is 11.5 Å². The van der Waals surface area contributed by atoms with Crippen LogP contribution in [0.4, 0.5) is 0 Å². The zero-order valence-corrected chi connectivity index (χ0v) is 16.6. The molecule has 2 aromatic rings. The van der Waals surface area contributed by atoms with Crippen molar-refractivity contribution < 1.29 is 4.42 Å². The van der Waals surface area contributed by atoms with Gasteiger partial charge < -0.3 is 14.6 Å². The van der Waals surface area contributed by atoms with E-state index in [-0.39, 0.29) is 0 Å². The fourth-order valence-corrected chi connectivity index (χ4v) is 3.93. The summed E-state index contributed by atoms with van der Waals surface area (Å²) in [5.41, 5.74) is 1.34. The fourth-order valence-electron chi connectivity index (χ4n) is 3.61. The van der Waals surface area contributed by atoms with Crippen LogP contribution in [0.2, 0.25) is 0 Å². The van der Waals surface area contributed by atoms with Crippen LogP contribution in [-0.4, -0.2) is 22.6 Å². The average Bonchev–Trinajstić information content (AvgIpc) is 2.89. The number of hydrogen-bond acceptors (Lipinski definition) is 2. The molecule has 0 spiro atoms. The summed E-state index contributed by atoms with van der Waals surface area (Å²) in [6, 6.07) is 15.2. The molecule has 1 aliphatic carbocycles. The second-order valence-electron chi connectivity index (χ2n) is 7.31. The first-order valence-corrected chi connectivity index (χ1v) is 10.3. The normalized spacial score (nSPS) is 15.4. The summed E-state index contributed by atoms with van der Waals surface area (Å²) in [7, 11) is 0. The zero-order valence-electron chi connectivity index (χ0n) is 15.7. The molecule has 3 nitrogen and oxygen atoms in total. The maximum absolute atomic E-state index is 5.80. The van der Waals surface area contributed by atoms with Gasteiger partial charge in [-0.3, -0.25) is 0 Å². The predicted octanol–water partition coefficient (Wildman–Crippen LogP) is 5.23. The first-order valence-electron chi connectivity index (χ1n) is 9.85. The van der Waals surface area contributed by atoms with Crippen molar-refractivity contribution in [2.24, 2.45) is 0 Å². The quantitative estimate of drug-likeness (QED) is 0.557. The van der Waals surface area contributed by atoms with E-state index in [1.165, 1.54) is 44.1 Å². The summed E-state index contributed by atoms with van der Waals surface area (Å²) in [6.07, 6.45) is 8.76. The number of thiocarbonyl (C=S) groups is 1. The van der Waals surface area contributed by atoms with Gasteiger partial charge in [0, 0.05) is 12.6 Å². The van der Waals surface area contributed by atoms with E-state index in [2.05, 4.69) is 46.6 Å². The van der Waals surface area contributed by atoms with Gasteiger partial charge in [-0.15, -0.1) is 0 Å². The van der Waals surface area contributed by atoms with E-state index in [4.69, 9.17) is 16.6 Å². The molecule has 1 aromatic carbocycles. The Morgan fingerprint density at radius 3 is 2.46 bits per heavy atom.